The normalized spacial score (nSPS) is 14.8. The lowest BCUT2D eigenvalue weighted by Crippen LogP contribution is -2.35. The van der Waals surface area contributed by atoms with Crippen LogP contribution in [0.3, 0.4) is 0 Å². The van der Waals surface area contributed by atoms with Gasteiger partial charge >= 0.3 is 5.97 Å². The minimum absolute atomic E-state index is 0.0832. The number of amides is 1. The summed E-state index contributed by atoms with van der Waals surface area (Å²) in [6.07, 6.45) is 0.914. The third kappa shape index (κ3) is 4.09. The topological polar surface area (TPSA) is 69.0 Å². The molecule has 3 aromatic rings. The summed E-state index contributed by atoms with van der Waals surface area (Å²) >= 11 is 0. The highest BCUT2D eigenvalue weighted by Crippen LogP contribution is 2.30. The maximum atomic E-state index is 13.2. The molecule has 0 unspecified atom stereocenters. The van der Waals surface area contributed by atoms with Gasteiger partial charge in [0, 0.05) is 36.2 Å². The van der Waals surface area contributed by atoms with Gasteiger partial charge in [0.1, 0.15) is 5.58 Å². The van der Waals surface area contributed by atoms with E-state index in [4.69, 9.17) is 13.9 Å². The van der Waals surface area contributed by atoms with Crippen LogP contribution in [-0.2, 0) is 20.9 Å². The van der Waals surface area contributed by atoms with E-state index in [1.54, 1.807) is 23.1 Å². The predicted octanol–water partition coefficient (Wildman–Crippen LogP) is 4.49. The summed E-state index contributed by atoms with van der Waals surface area (Å²) in [5.74, 6) is -0.781. The molecule has 6 nitrogen and oxygen atoms in total. The fraction of sp³-hybridized carbons (Fsp3) is 0.333. The molecule has 2 aromatic carbocycles. The molecule has 1 amide bonds. The van der Waals surface area contributed by atoms with Crippen LogP contribution in [0.5, 0.6) is 0 Å². The number of esters is 1. The fourth-order valence-corrected chi connectivity index (χ4v) is 3.76. The first-order valence-electron chi connectivity index (χ1n) is 10.3. The Kier molecular flexibility index (Phi) is 6.14. The zero-order chi connectivity index (χ0) is 20.9. The second-order valence-electron chi connectivity index (χ2n) is 7.27. The number of carbonyl (C=O) groups excluding carboxylic acids is 2. The number of fused-ring (bicyclic) bond motifs is 1. The van der Waals surface area contributed by atoms with Gasteiger partial charge < -0.3 is 18.8 Å². The number of rotatable bonds is 7. The lowest BCUT2D eigenvalue weighted by molar-refractivity contribution is -0.140. The van der Waals surface area contributed by atoms with Crippen molar-refractivity contribution in [2.45, 2.75) is 32.5 Å². The smallest absolute Gasteiger partial charge is 0.375 e. The molecule has 6 heteroatoms. The molecule has 1 aromatic heterocycles. The molecule has 0 saturated carbocycles. The Bertz CT molecular complexity index is 1020. The molecule has 1 aliphatic rings. The summed E-state index contributed by atoms with van der Waals surface area (Å²) in [6, 6.07) is 16.5. The van der Waals surface area contributed by atoms with Crippen LogP contribution in [-0.4, -0.2) is 36.5 Å². The van der Waals surface area contributed by atoms with Crippen molar-refractivity contribution in [3.8, 4) is 0 Å². The summed E-state index contributed by atoms with van der Waals surface area (Å²) in [7, 11) is 0. The van der Waals surface area contributed by atoms with Crippen LogP contribution >= 0.6 is 0 Å². The van der Waals surface area contributed by atoms with Crippen LogP contribution in [0.4, 0.5) is 0 Å². The van der Waals surface area contributed by atoms with Gasteiger partial charge in [-0.25, -0.2) is 4.79 Å². The van der Waals surface area contributed by atoms with E-state index in [0.717, 1.165) is 18.2 Å². The van der Waals surface area contributed by atoms with Gasteiger partial charge in [-0.05, 0) is 25.8 Å². The van der Waals surface area contributed by atoms with E-state index in [2.05, 4.69) is 0 Å². The van der Waals surface area contributed by atoms with Gasteiger partial charge in [0.15, 0.2) is 0 Å². The molecule has 1 atom stereocenters. The lowest BCUT2D eigenvalue weighted by Gasteiger charge is -2.23. The maximum absolute atomic E-state index is 13.2. The molecule has 30 heavy (non-hydrogen) atoms. The van der Waals surface area contributed by atoms with E-state index in [1.807, 2.05) is 43.3 Å². The second kappa shape index (κ2) is 9.13. The molecule has 1 fully saturated rings. The summed E-state index contributed by atoms with van der Waals surface area (Å²) in [5, 5.41) is 0.806. The maximum Gasteiger partial charge on any atom is 0.375 e. The third-order valence-electron chi connectivity index (χ3n) is 5.30. The molecule has 4 rings (SSSR count). The molecular formula is C24H25NO5. The highest BCUT2D eigenvalue weighted by atomic mass is 16.6. The van der Waals surface area contributed by atoms with E-state index < -0.39 is 12.1 Å². The minimum Gasteiger partial charge on any atom is -0.449 e. The van der Waals surface area contributed by atoms with Crippen molar-refractivity contribution < 1.29 is 23.5 Å². The van der Waals surface area contributed by atoms with Crippen molar-refractivity contribution in [2.75, 3.05) is 19.7 Å². The van der Waals surface area contributed by atoms with E-state index in [0.29, 0.717) is 36.4 Å². The van der Waals surface area contributed by atoms with Gasteiger partial charge in [-0.2, -0.15) is 0 Å². The Hall–Kier alpha value is -3.12. The number of likely N-dealkylation sites (tertiary alicyclic amines) is 1. The Labute approximate surface area is 175 Å². The zero-order valence-corrected chi connectivity index (χ0v) is 17.0. The average molecular weight is 407 g/mol. The molecule has 1 aliphatic heterocycles. The van der Waals surface area contributed by atoms with E-state index in [1.165, 1.54) is 0 Å². The number of hydrogen-bond acceptors (Lipinski definition) is 5. The summed E-state index contributed by atoms with van der Waals surface area (Å²) in [5.41, 5.74) is 1.87. The van der Waals surface area contributed by atoms with Crippen LogP contribution in [0.2, 0.25) is 0 Å². The van der Waals surface area contributed by atoms with Gasteiger partial charge in [0.2, 0.25) is 11.9 Å². The summed E-state index contributed by atoms with van der Waals surface area (Å²) < 4.78 is 17.1. The van der Waals surface area contributed by atoms with Crippen molar-refractivity contribution in [1.82, 2.24) is 4.90 Å². The Morgan fingerprint density at radius 1 is 1.03 bits per heavy atom. The quantitative estimate of drug-likeness (QED) is 0.540. The fourth-order valence-electron chi connectivity index (χ4n) is 3.76. The first-order chi connectivity index (χ1) is 14.7. The molecule has 0 bridgehead atoms. The van der Waals surface area contributed by atoms with Gasteiger partial charge in [-0.15, -0.1) is 0 Å². The average Bonchev–Trinajstić information content (AvgIpc) is 3.44. The predicted molar refractivity (Wildman–Crippen MR) is 112 cm³/mol. The minimum atomic E-state index is -1.01. The third-order valence-corrected chi connectivity index (χ3v) is 5.30. The zero-order valence-electron chi connectivity index (χ0n) is 17.0. The van der Waals surface area contributed by atoms with Crippen molar-refractivity contribution in [1.29, 1.82) is 0 Å². The number of nitrogens with zero attached hydrogens (tertiary/aromatic N) is 1. The Morgan fingerprint density at radius 2 is 1.73 bits per heavy atom. The number of hydrogen-bond donors (Lipinski definition) is 0. The van der Waals surface area contributed by atoms with E-state index >= 15 is 0 Å². The van der Waals surface area contributed by atoms with Gasteiger partial charge in [-0.1, -0.05) is 48.5 Å². The summed E-state index contributed by atoms with van der Waals surface area (Å²) in [6.45, 7) is 3.99. The number of benzene rings is 2. The van der Waals surface area contributed by atoms with Crippen LogP contribution in [0.1, 0.15) is 47.6 Å². The van der Waals surface area contributed by atoms with Gasteiger partial charge in [0.05, 0.1) is 6.61 Å². The molecular weight excluding hydrogens is 382 g/mol. The van der Waals surface area contributed by atoms with Crippen molar-refractivity contribution >= 4 is 22.8 Å². The highest BCUT2D eigenvalue weighted by Gasteiger charge is 2.33. The van der Waals surface area contributed by atoms with Crippen LogP contribution in [0.25, 0.3) is 11.0 Å². The standard InChI is InChI=1S/C24H25NO5/c1-2-28-16-19-18-12-6-7-13-20(18)29-22(19)24(27)30-21(17-10-4-3-5-11-17)23(26)25-14-8-9-15-25/h3-7,10-13,21H,2,8-9,14-16H2,1H3/t21-/m0/s1. The van der Waals surface area contributed by atoms with Crippen LogP contribution in [0.15, 0.2) is 59.0 Å². The SMILES string of the molecule is CCOCc1c(C(=O)O[C@H](C(=O)N2CCCC2)c2ccccc2)oc2ccccc12. The Balaban J connectivity index is 1.66. The molecule has 0 N–H and O–H groups in total. The first-order valence-corrected chi connectivity index (χ1v) is 10.3. The van der Waals surface area contributed by atoms with Crippen LogP contribution in [0, 0.1) is 0 Å². The molecule has 0 spiro atoms. The molecule has 0 radical (unpaired) electrons. The largest absolute Gasteiger partial charge is 0.449 e. The second-order valence-corrected chi connectivity index (χ2v) is 7.27. The molecule has 2 heterocycles. The van der Waals surface area contributed by atoms with E-state index in [-0.39, 0.29) is 18.3 Å². The van der Waals surface area contributed by atoms with Gasteiger partial charge in [-0.3, -0.25) is 4.79 Å². The molecule has 1 saturated heterocycles. The Morgan fingerprint density at radius 3 is 2.47 bits per heavy atom. The van der Waals surface area contributed by atoms with E-state index in [9.17, 15) is 9.59 Å². The summed E-state index contributed by atoms with van der Waals surface area (Å²) in [4.78, 5) is 28.0. The first kappa shape index (κ1) is 20.2. The molecule has 156 valence electrons. The molecule has 0 aliphatic carbocycles. The van der Waals surface area contributed by atoms with Crippen molar-refractivity contribution in [2.24, 2.45) is 0 Å². The number of carbonyl (C=O) groups is 2. The van der Waals surface area contributed by atoms with Crippen molar-refractivity contribution in [3.63, 3.8) is 0 Å². The lowest BCUT2D eigenvalue weighted by atomic mass is 10.1. The monoisotopic (exact) mass is 407 g/mol. The number of ether oxygens (including phenoxy) is 2. The number of furan rings is 1. The van der Waals surface area contributed by atoms with Crippen molar-refractivity contribution in [3.05, 3.63) is 71.5 Å². The number of para-hydroxylation sites is 1. The van der Waals surface area contributed by atoms with Gasteiger partial charge in [0.25, 0.3) is 5.91 Å². The van der Waals surface area contributed by atoms with Crippen LogP contribution < -0.4 is 0 Å². The highest BCUT2D eigenvalue weighted by molar-refractivity contribution is 5.97.